The van der Waals surface area contributed by atoms with Crippen LogP contribution in [0.1, 0.15) is 5.69 Å². The van der Waals surface area contributed by atoms with Crippen molar-refractivity contribution in [3.63, 3.8) is 0 Å². The quantitative estimate of drug-likeness (QED) is 0.862. The molecule has 0 amide bonds. The fourth-order valence-corrected chi connectivity index (χ4v) is 1.38. The van der Waals surface area contributed by atoms with E-state index in [-0.39, 0.29) is 0 Å². The summed E-state index contributed by atoms with van der Waals surface area (Å²) in [4.78, 5) is 14.4. The van der Waals surface area contributed by atoms with Gasteiger partial charge in [-0.15, -0.1) is 0 Å². The van der Waals surface area contributed by atoms with E-state index in [2.05, 4.69) is 20.3 Å². The van der Waals surface area contributed by atoms with Crippen molar-refractivity contribution in [2.24, 2.45) is 0 Å². The smallest absolute Gasteiger partial charge is 0.0777 e. The Morgan fingerprint density at radius 1 is 1.12 bits per heavy atom. The van der Waals surface area contributed by atoms with Crippen LogP contribution in [0.4, 0.5) is 11.4 Å². The van der Waals surface area contributed by atoms with Crippen molar-refractivity contribution >= 4 is 11.4 Å². The molecule has 0 radical (unpaired) electrons. The summed E-state index contributed by atoms with van der Waals surface area (Å²) in [7, 11) is 3.98. The van der Waals surface area contributed by atoms with Crippen LogP contribution in [-0.2, 0) is 6.54 Å². The Morgan fingerprint density at radius 3 is 2.71 bits per heavy atom. The lowest BCUT2D eigenvalue weighted by Crippen LogP contribution is -2.10. The molecule has 0 bridgehead atoms. The lowest BCUT2D eigenvalue weighted by atomic mass is 10.3. The second kappa shape index (κ2) is 5.25. The third-order valence-corrected chi connectivity index (χ3v) is 2.33. The van der Waals surface area contributed by atoms with Crippen LogP contribution in [0, 0.1) is 0 Å². The van der Waals surface area contributed by atoms with Crippen molar-refractivity contribution in [1.82, 2.24) is 15.0 Å². The van der Waals surface area contributed by atoms with Gasteiger partial charge in [0.05, 0.1) is 42.2 Å². The standard InChI is InChI=1S/C12H15N5/c1-17(2)12-5-10(6-14-9-12)16-8-11-7-13-3-4-15-11/h3-7,9,16H,8H2,1-2H3. The lowest BCUT2D eigenvalue weighted by molar-refractivity contribution is 1.00. The van der Waals surface area contributed by atoms with Gasteiger partial charge in [-0.1, -0.05) is 0 Å². The Bertz CT molecular complexity index is 469. The van der Waals surface area contributed by atoms with Gasteiger partial charge in [0.2, 0.25) is 0 Å². The van der Waals surface area contributed by atoms with Crippen LogP contribution in [0.5, 0.6) is 0 Å². The Hall–Kier alpha value is -2.17. The molecule has 0 aliphatic rings. The second-order valence-corrected chi connectivity index (χ2v) is 3.88. The first-order valence-corrected chi connectivity index (χ1v) is 5.37. The van der Waals surface area contributed by atoms with Gasteiger partial charge < -0.3 is 10.2 Å². The van der Waals surface area contributed by atoms with Crippen molar-refractivity contribution in [3.8, 4) is 0 Å². The molecule has 0 spiro atoms. The van der Waals surface area contributed by atoms with E-state index in [9.17, 15) is 0 Å². The molecule has 88 valence electrons. The van der Waals surface area contributed by atoms with Crippen LogP contribution < -0.4 is 10.2 Å². The molecule has 0 aliphatic carbocycles. The molecule has 0 saturated carbocycles. The van der Waals surface area contributed by atoms with E-state index in [1.54, 1.807) is 24.8 Å². The summed E-state index contributed by atoms with van der Waals surface area (Å²) in [6.45, 7) is 0.645. The molecule has 0 fully saturated rings. The Morgan fingerprint density at radius 2 is 2.00 bits per heavy atom. The third kappa shape index (κ3) is 3.14. The monoisotopic (exact) mass is 229 g/mol. The highest BCUT2D eigenvalue weighted by molar-refractivity contribution is 5.54. The van der Waals surface area contributed by atoms with E-state index in [4.69, 9.17) is 0 Å². The predicted molar refractivity (Wildman–Crippen MR) is 67.9 cm³/mol. The molecule has 2 aromatic rings. The summed E-state index contributed by atoms with van der Waals surface area (Å²) < 4.78 is 0. The molecule has 1 N–H and O–H groups in total. The van der Waals surface area contributed by atoms with E-state index >= 15 is 0 Å². The topological polar surface area (TPSA) is 53.9 Å². The van der Waals surface area contributed by atoms with E-state index in [0.29, 0.717) is 6.54 Å². The number of hydrogen-bond acceptors (Lipinski definition) is 5. The number of rotatable bonds is 4. The fourth-order valence-electron chi connectivity index (χ4n) is 1.38. The molecular formula is C12H15N5. The van der Waals surface area contributed by atoms with Crippen LogP contribution in [0.15, 0.2) is 37.1 Å². The average Bonchev–Trinajstić information content (AvgIpc) is 2.38. The molecule has 2 aromatic heterocycles. The zero-order valence-corrected chi connectivity index (χ0v) is 9.96. The first kappa shape index (κ1) is 11.3. The van der Waals surface area contributed by atoms with Crippen LogP contribution in [0.3, 0.4) is 0 Å². The van der Waals surface area contributed by atoms with Crippen LogP contribution in [0.25, 0.3) is 0 Å². The minimum absolute atomic E-state index is 0.645. The predicted octanol–water partition coefficient (Wildman–Crippen LogP) is 1.55. The van der Waals surface area contributed by atoms with E-state index < -0.39 is 0 Å². The van der Waals surface area contributed by atoms with E-state index in [1.807, 2.05) is 31.3 Å². The van der Waals surface area contributed by atoms with Crippen LogP contribution >= 0.6 is 0 Å². The van der Waals surface area contributed by atoms with Gasteiger partial charge in [-0.2, -0.15) is 0 Å². The Kier molecular flexibility index (Phi) is 3.49. The number of hydrogen-bond donors (Lipinski definition) is 1. The van der Waals surface area contributed by atoms with Gasteiger partial charge in [0.1, 0.15) is 0 Å². The molecule has 2 rings (SSSR count). The summed E-state index contributed by atoms with van der Waals surface area (Å²) in [6.07, 6.45) is 8.72. The third-order valence-electron chi connectivity index (χ3n) is 2.33. The second-order valence-electron chi connectivity index (χ2n) is 3.88. The maximum Gasteiger partial charge on any atom is 0.0777 e. The minimum atomic E-state index is 0.645. The van der Waals surface area contributed by atoms with Gasteiger partial charge in [-0.3, -0.25) is 15.0 Å². The summed E-state index contributed by atoms with van der Waals surface area (Å²) in [5.74, 6) is 0. The highest BCUT2D eigenvalue weighted by atomic mass is 15.1. The van der Waals surface area contributed by atoms with Gasteiger partial charge in [-0.05, 0) is 6.07 Å². The lowest BCUT2D eigenvalue weighted by Gasteiger charge is -2.13. The van der Waals surface area contributed by atoms with Gasteiger partial charge >= 0.3 is 0 Å². The van der Waals surface area contributed by atoms with Crippen molar-refractivity contribution < 1.29 is 0 Å². The molecule has 0 atom stereocenters. The van der Waals surface area contributed by atoms with Crippen LogP contribution in [-0.4, -0.2) is 29.0 Å². The van der Waals surface area contributed by atoms with Crippen molar-refractivity contribution in [2.75, 3.05) is 24.3 Å². The summed E-state index contributed by atoms with van der Waals surface area (Å²) in [6, 6.07) is 2.05. The van der Waals surface area contributed by atoms with Crippen molar-refractivity contribution in [3.05, 3.63) is 42.7 Å². The zero-order valence-electron chi connectivity index (χ0n) is 9.96. The Balaban J connectivity index is 2.02. The van der Waals surface area contributed by atoms with E-state index in [0.717, 1.165) is 17.1 Å². The molecule has 5 nitrogen and oxygen atoms in total. The molecule has 0 saturated heterocycles. The molecule has 2 heterocycles. The van der Waals surface area contributed by atoms with E-state index in [1.165, 1.54) is 0 Å². The minimum Gasteiger partial charge on any atom is -0.378 e. The van der Waals surface area contributed by atoms with Crippen molar-refractivity contribution in [1.29, 1.82) is 0 Å². The fraction of sp³-hybridized carbons (Fsp3) is 0.250. The maximum atomic E-state index is 4.20. The number of pyridine rings is 1. The van der Waals surface area contributed by atoms with Gasteiger partial charge in [0, 0.05) is 26.5 Å². The van der Waals surface area contributed by atoms with Gasteiger partial charge in [0.25, 0.3) is 0 Å². The molecule has 0 aliphatic heterocycles. The summed E-state index contributed by atoms with van der Waals surface area (Å²) in [5, 5.41) is 3.26. The highest BCUT2D eigenvalue weighted by Crippen LogP contribution is 2.15. The molecular weight excluding hydrogens is 214 g/mol. The first-order chi connectivity index (χ1) is 8.25. The molecule has 0 unspecified atom stereocenters. The summed E-state index contributed by atoms with van der Waals surface area (Å²) >= 11 is 0. The SMILES string of the molecule is CN(C)c1cncc(NCc2cnccn2)c1. The van der Waals surface area contributed by atoms with Gasteiger partial charge in [0.15, 0.2) is 0 Å². The number of aromatic nitrogens is 3. The van der Waals surface area contributed by atoms with Crippen LogP contribution in [0.2, 0.25) is 0 Å². The molecule has 5 heteroatoms. The summed E-state index contributed by atoms with van der Waals surface area (Å²) in [5.41, 5.74) is 2.94. The maximum absolute atomic E-state index is 4.20. The first-order valence-electron chi connectivity index (χ1n) is 5.37. The normalized spacial score (nSPS) is 10.0. The van der Waals surface area contributed by atoms with Crippen molar-refractivity contribution in [2.45, 2.75) is 6.54 Å². The number of nitrogens with zero attached hydrogens (tertiary/aromatic N) is 4. The molecule has 0 aromatic carbocycles. The molecule has 17 heavy (non-hydrogen) atoms. The zero-order chi connectivity index (χ0) is 12.1. The average molecular weight is 229 g/mol. The van der Waals surface area contributed by atoms with Gasteiger partial charge in [-0.25, -0.2) is 0 Å². The Labute approximate surface area is 101 Å². The largest absolute Gasteiger partial charge is 0.378 e. The highest BCUT2D eigenvalue weighted by Gasteiger charge is 1.99. The number of nitrogens with one attached hydrogen (secondary N) is 1. The number of anilines is 2.